The highest BCUT2D eigenvalue weighted by Gasteiger charge is 2.21. The van der Waals surface area contributed by atoms with Crippen molar-refractivity contribution in [3.63, 3.8) is 0 Å². The molecule has 146 valence electrons. The molecule has 0 saturated carbocycles. The summed E-state index contributed by atoms with van der Waals surface area (Å²) in [5.74, 6) is -0.576. The van der Waals surface area contributed by atoms with E-state index in [-0.39, 0.29) is 11.7 Å². The molecule has 1 N–H and O–H groups in total. The van der Waals surface area contributed by atoms with Crippen LogP contribution in [0.2, 0.25) is 0 Å². The van der Waals surface area contributed by atoms with Crippen molar-refractivity contribution in [1.82, 2.24) is 4.57 Å². The number of morpholine rings is 1. The van der Waals surface area contributed by atoms with Gasteiger partial charge in [0.1, 0.15) is 10.8 Å². The Morgan fingerprint density at radius 2 is 1.89 bits per heavy atom. The Labute approximate surface area is 167 Å². The molecule has 0 bridgehead atoms. The summed E-state index contributed by atoms with van der Waals surface area (Å²) in [5, 5.41) is 3.72. The SMILES string of the molecule is Cc1sc(-n2cccc2)c(C(=O)Nc2ccc(N3CCOCC3)c(F)c2)c1C. The molecule has 7 heteroatoms. The molecular weight excluding hydrogens is 377 g/mol. The largest absolute Gasteiger partial charge is 0.378 e. The smallest absolute Gasteiger partial charge is 0.258 e. The van der Waals surface area contributed by atoms with Crippen LogP contribution in [-0.4, -0.2) is 36.8 Å². The maximum absolute atomic E-state index is 14.6. The zero-order chi connectivity index (χ0) is 19.7. The minimum Gasteiger partial charge on any atom is -0.378 e. The Morgan fingerprint density at radius 3 is 2.57 bits per heavy atom. The number of nitrogens with one attached hydrogen (secondary N) is 1. The van der Waals surface area contributed by atoms with Gasteiger partial charge in [0.05, 0.1) is 24.5 Å². The predicted molar refractivity (Wildman–Crippen MR) is 111 cm³/mol. The molecule has 3 aromatic rings. The van der Waals surface area contributed by atoms with Gasteiger partial charge in [0, 0.05) is 36.0 Å². The molecule has 2 aromatic heterocycles. The highest BCUT2D eigenvalue weighted by atomic mass is 32.1. The van der Waals surface area contributed by atoms with Gasteiger partial charge in [-0.1, -0.05) is 0 Å². The third-order valence-corrected chi connectivity index (χ3v) is 6.21. The van der Waals surface area contributed by atoms with Crippen molar-refractivity contribution in [1.29, 1.82) is 0 Å². The van der Waals surface area contributed by atoms with E-state index in [0.29, 0.717) is 43.2 Å². The van der Waals surface area contributed by atoms with Crippen molar-refractivity contribution in [3.05, 3.63) is 64.5 Å². The van der Waals surface area contributed by atoms with Gasteiger partial charge < -0.3 is 19.5 Å². The molecule has 0 radical (unpaired) electrons. The summed E-state index contributed by atoms with van der Waals surface area (Å²) in [5.41, 5.74) is 2.55. The monoisotopic (exact) mass is 399 g/mol. The van der Waals surface area contributed by atoms with Gasteiger partial charge in [-0.15, -0.1) is 11.3 Å². The first-order chi connectivity index (χ1) is 13.5. The van der Waals surface area contributed by atoms with Crippen molar-refractivity contribution in [2.24, 2.45) is 0 Å². The van der Waals surface area contributed by atoms with Gasteiger partial charge >= 0.3 is 0 Å². The Hall–Kier alpha value is -2.64. The second-order valence-corrected chi connectivity index (χ2v) is 7.98. The van der Waals surface area contributed by atoms with E-state index in [2.05, 4.69) is 5.32 Å². The van der Waals surface area contributed by atoms with Gasteiger partial charge in [-0.25, -0.2) is 4.39 Å². The van der Waals surface area contributed by atoms with Gasteiger partial charge in [-0.05, 0) is 49.7 Å². The number of carbonyl (C=O) groups is 1. The Balaban J connectivity index is 1.58. The molecule has 0 unspecified atom stereocenters. The fourth-order valence-corrected chi connectivity index (χ4v) is 4.49. The first kappa shape index (κ1) is 18.7. The second-order valence-electron chi connectivity index (χ2n) is 6.77. The first-order valence-corrected chi connectivity index (χ1v) is 10.0. The molecule has 1 amide bonds. The number of hydrogen-bond donors (Lipinski definition) is 1. The lowest BCUT2D eigenvalue weighted by atomic mass is 10.1. The van der Waals surface area contributed by atoms with Gasteiger partial charge in [0.25, 0.3) is 5.91 Å². The number of halogens is 1. The summed E-state index contributed by atoms with van der Waals surface area (Å²) in [6.07, 6.45) is 3.83. The third kappa shape index (κ3) is 3.55. The topological polar surface area (TPSA) is 46.5 Å². The van der Waals surface area contributed by atoms with Crippen LogP contribution in [0.3, 0.4) is 0 Å². The standard InChI is InChI=1S/C21H22FN3O2S/c1-14-15(2)28-21(25-7-3-4-8-25)19(14)20(26)23-16-5-6-18(17(22)13-16)24-9-11-27-12-10-24/h3-8,13H,9-12H2,1-2H3,(H,23,26). The molecule has 1 fully saturated rings. The van der Waals surface area contributed by atoms with E-state index in [1.807, 2.05) is 47.8 Å². The Kier molecular flexibility index (Phi) is 5.19. The Bertz CT molecular complexity index is 992. The molecule has 28 heavy (non-hydrogen) atoms. The van der Waals surface area contributed by atoms with Crippen molar-refractivity contribution in [3.8, 4) is 5.00 Å². The van der Waals surface area contributed by atoms with Crippen LogP contribution in [0.4, 0.5) is 15.8 Å². The maximum atomic E-state index is 14.6. The zero-order valence-corrected chi connectivity index (χ0v) is 16.7. The molecular formula is C21H22FN3O2S. The van der Waals surface area contributed by atoms with E-state index in [4.69, 9.17) is 4.74 Å². The van der Waals surface area contributed by atoms with Gasteiger partial charge in [0.15, 0.2) is 0 Å². The van der Waals surface area contributed by atoms with E-state index >= 15 is 0 Å². The van der Waals surface area contributed by atoms with Crippen LogP contribution in [0.5, 0.6) is 0 Å². The number of aromatic nitrogens is 1. The lowest BCUT2D eigenvalue weighted by Crippen LogP contribution is -2.36. The molecule has 1 aromatic carbocycles. The van der Waals surface area contributed by atoms with Crippen LogP contribution in [0.25, 0.3) is 5.00 Å². The highest BCUT2D eigenvalue weighted by molar-refractivity contribution is 7.15. The number of benzene rings is 1. The number of aryl methyl sites for hydroxylation is 1. The number of amides is 1. The number of nitrogens with zero attached hydrogens (tertiary/aromatic N) is 2. The lowest BCUT2D eigenvalue weighted by molar-refractivity contribution is 0.102. The fourth-order valence-electron chi connectivity index (χ4n) is 3.37. The van der Waals surface area contributed by atoms with Crippen molar-refractivity contribution >= 4 is 28.6 Å². The molecule has 0 atom stereocenters. The minimum atomic E-state index is -0.344. The zero-order valence-electron chi connectivity index (χ0n) is 15.9. The summed E-state index contributed by atoms with van der Waals surface area (Å²) in [7, 11) is 0. The number of hydrogen-bond acceptors (Lipinski definition) is 4. The average Bonchev–Trinajstić information content (AvgIpc) is 3.31. The third-order valence-electron chi connectivity index (χ3n) is 4.99. The van der Waals surface area contributed by atoms with Crippen LogP contribution in [0, 0.1) is 19.7 Å². The van der Waals surface area contributed by atoms with Crippen molar-refractivity contribution < 1.29 is 13.9 Å². The number of thiophene rings is 1. The van der Waals surface area contributed by atoms with Crippen molar-refractivity contribution in [2.75, 3.05) is 36.5 Å². The first-order valence-electron chi connectivity index (χ1n) is 9.21. The van der Waals surface area contributed by atoms with E-state index in [1.165, 1.54) is 6.07 Å². The van der Waals surface area contributed by atoms with Gasteiger partial charge in [-0.3, -0.25) is 4.79 Å². The Morgan fingerprint density at radius 1 is 1.18 bits per heavy atom. The molecule has 0 spiro atoms. The van der Waals surface area contributed by atoms with E-state index in [0.717, 1.165) is 15.4 Å². The number of rotatable bonds is 4. The number of ether oxygens (including phenoxy) is 1. The normalized spacial score (nSPS) is 14.3. The maximum Gasteiger partial charge on any atom is 0.258 e. The van der Waals surface area contributed by atoms with E-state index in [9.17, 15) is 9.18 Å². The summed E-state index contributed by atoms with van der Waals surface area (Å²) < 4.78 is 21.9. The van der Waals surface area contributed by atoms with Gasteiger partial charge in [-0.2, -0.15) is 0 Å². The quantitative estimate of drug-likeness (QED) is 0.708. The minimum absolute atomic E-state index is 0.232. The second kappa shape index (κ2) is 7.77. The van der Waals surface area contributed by atoms with E-state index < -0.39 is 0 Å². The summed E-state index contributed by atoms with van der Waals surface area (Å²) in [4.78, 5) is 16.0. The van der Waals surface area contributed by atoms with Crippen LogP contribution in [-0.2, 0) is 4.74 Å². The summed E-state index contributed by atoms with van der Waals surface area (Å²) >= 11 is 1.57. The highest BCUT2D eigenvalue weighted by Crippen LogP contribution is 2.32. The van der Waals surface area contributed by atoms with Crippen LogP contribution in [0.15, 0.2) is 42.7 Å². The molecule has 0 aliphatic carbocycles. The van der Waals surface area contributed by atoms with E-state index in [1.54, 1.807) is 23.5 Å². The van der Waals surface area contributed by atoms with Crippen LogP contribution in [0.1, 0.15) is 20.8 Å². The van der Waals surface area contributed by atoms with Crippen molar-refractivity contribution in [2.45, 2.75) is 13.8 Å². The molecule has 1 saturated heterocycles. The molecule has 1 aliphatic rings. The van der Waals surface area contributed by atoms with Crippen LogP contribution < -0.4 is 10.2 Å². The predicted octanol–water partition coefficient (Wildman–Crippen LogP) is 4.38. The fraction of sp³-hybridized carbons (Fsp3) is 0.286. The lowest BCUT2D eigenvalue weighted by Gasteiger charge is -2.29. The van der Waals surface area contributed by atoms with Crippen LogP contribution >= 0.6 is 11.3 Å². The summed E-state index contributed by atoms with van der Waals surface area (Å²) in [6.45, 7) is 6.46. The van der Waals surface area contributed by atoms with Gasteiger partial charge in [0.2, 0.25) is 0 Å². The summed E-state index contributed by atoms with van der Waals surface area (Å²) in [6, 6.07) is 8.69. The molecule has 3 heterocycles. The number of anilines is 2. The molecule has 1 aliphatic heterocycles. The molecule has 5 nitrogen and oxygen atoms in total. The molecule has 4 rings (SSSR count). The average molecular weight is 399 g/mol. The number of carbonyl (C=O) groups excluding carboxylic acids is 1.